The van der Waals surface area contributed by atoms with Gasteiger partial charge in [0.15, 0.2) is 5.13 Å². The number of anilines is 1. The Hall–Kier alpha value is -4.21. The lowest BCUT2D eigenvalue weighted by Gasteiger charge is -2.29. The molecule has 1 fully saturated rings. The Morgan fingerprint density at radius 2 is 1.80 bits per heavy atom. The Balaban J connectivity index is 1.37. The minimum atomic E-state index is -1.14. The molecule has 0 spiro atoms. The van der Waals surface area contributed by atoms with Crippen LogP contribution < -0.4 is 10.9 Å². The predicted octanol–water partition coefficient (Wildman–Crippen LogP) is 5.70. The maximum absolute atomic E-state index is 14.2. The fourth-order valence-electron chi connectivity index (χ4n) is 5.36. The van der Waals surface area contributed by atoms with Gasteiger partial charge in [-0.1, -0.05) is 42.5 Å². The summed E-state index contributed by atoms with van der Waals surface area (Å²) < 4.78 is 15.5. The van der Waals surface area contributed by atoms with Gasteiger partial charge < -0.3 is 4.90 Å². The highest BCUT2D eigenvalue weighted by Crippen LogP contribution is 2.30. The highest BCUT2D eigenvalue weighted by molar-refractivity contribution is 7.13. The molecule has 1 aliphatic rings. The molecule has 3 heterocycles. The molecule has 1 N–H and O–H groups in total. The number of carbonyl (C=O) groups is 1. The normalized spacial score (nSPS) is 15.2. The molecule has 1 saturated heterocycles. The smallest absolute Gasteiger partial charge is 0.262 e. The zero-order valence-electron chi connectivity index (χ0n) is 22.0. The number of amides is 1. The van der Waals surface area contributed by atoms with E-state index >= 15 is 0 Å². The van der Waals surface area contributed by atoms with E-state index in [-0.39, 0.29) is 0 Å². The summed E-state index contributed by atoms with van der Waals surface area (Å²) in [5.74, 6) is -0.449. The van der Waals surface area contributed by atoms with Crippen LogP contribution in [0.1, 0.15) is 35.9 Å². The predicted molar refractivity (Wildman–Crippen MR) is 156 cm³/mol. The van der Waals surface area contributed by atoms with Gasteiger partial charge in [-0.25, -0.2) is 14.4 Å². The zero-order chi connectivity index (χ0) is 27.6. The summed E-state index contributed by atoms with van der Waals surface area (Å²) in [5, 5.41) is 5.24. The van der Waals surface area contributed by atoms with Gasteiger partial charge in [-0.3, -0.25) is 19.5 Å². The standard InChI is InChI=1S/C31H28FN5O2S/c1-36-14-11-22(12-15-36)20-5-7-21(8-6-20)23-9-10-27-26(18-23)30(39)37(19-34-27)28(24-3-2-4-25(32)17-24)29(38)35-31-33-13-16-40-31/h2-10,13,16-19,22,28H,11-12,14-15H2,1H3,(H,33,35,38). The van der Waals surface area contributed by atoms with Crippen LogP contribution in [-0.4, -0.2) is 45.5 Å². The molecular formula is C31H28FN5O2S. The molecule has 2 aromatic heterocycles. The van der Waals surface area contributed by atoms with Crippen molar-refractivity contribution in [2.24, 2.45) is 0 Å². The molecule has 1 aliphatic heterocycles. The molecule has 0 saturated carbocycles. The number of hydrogen-bond donors (Lipinski definition) is 1. The van der Waals surface area contributed by atoms with Gasteiger partial charge in [-0.05, 0) is 85.4 Å². The fourth-order valence-corrected chi connectivity index (χ4v) is 5.89. The van der Waals surface area contributed by atoms with Crippen molar-refractivity contribution in [3.05, 3.63) is 112 Å². The van der Waals surface area contributed by atoms with Crippen molar-refractivity contribution in [1.82, 2.24) is 19.4 Å². The maximum atomic E-state index is 14.2. The van der Waals surface area contributed by atoms with Gasteiger partial charge in [-0.15, -0.1) is 11.3 Å². The van der Waals surface area contributed by atoms with Crippen LogP contribution in [0.25, 0.3) is 22.0 Å². The largest absolute Gasteiger partial charge is 0.306 e. The Morgan fingerprint density at radius 3 is 2.52 bits per heavy atom. The molecule has 0 bridgehead atoms. The van der Waals surface area contributed by atoms with Crippen molar-refractivity contribution in [3.8, 4) is 11.1 Å². The lowest BCUT2D eigenvalue weighted by molar-refractivity contribution is -0.118. The number of likely N-dealkylation sites (tertiary alicyclic amines) is 1. The maximum Gasteiger partial charge on any atom is 0.262 e. The lowest BCUT2D eigenvalue weighted by Crippen LogP contribution is -2.34. The number of halogens is 1. The molecule has 3 aromatic carbocycles. The minimum Gasteiger partial charge on any atom is -0.306 e. The fraction of sp³-hybridized carbons (Fsp3) is 0.226. The van der Waals surface area contributed by atoms with E-state index in [1.807, 2.05) is 18.2 Å². The molecule has 1 unspecified atom stereocenters. The Kier molecular flexibility index (Phi) is 7.23. The molecule has 0 radical (unpaired) electrons. The van der Waals surface area contributed by atoms with Crippen LogP contribution in [0.5, 0.6) is 0 Å². The van der Waals surface area contributed by atoms with E-state index in [1.54, 1.807) is 17.6 Å². The quantitative estimate of drug-likeness (QED) is 0.292. The number of carbonyl (C=O) groups excluding carboxylic acids is 1. The van der Waals surface area contributed by atoms with Crippen molar-refractivity contribution in [1.29, 1.82) is 0 Å². The molecule has 0 aliphatic carbocycles. The van der Waals surface area contributed by atoms with Gasteiger partial charge >= 0.3 is 0 Å². The first-order valence-electron chi connectivity index (χ1n) is 13.2. The molecule has 6 rings (SSSR count). The molecule has 5 aromatic rings. The third-order valence-corrected chi connectivity index (χ3v) is 8.26. The summed E-state index contributed by atoms with van der Waals surface area (Å²) in [5.41, 5.74) is 3.68. The summed E-state index contributed by atoms with van der Waals surface area (Å²) in [7, 11) is 2.16. The van der Waals surface area contributed by atoms with E-state index < -0.39 is 23.3 Å². The molecule has 1 amide bonds. The van der Waals surface area contributed by atoms with Gasteiger partial charge in [0.1, 0.15) is 11.9 Å². The number of aromatic nitrogens is 3. The SMILES string of the molecule is CN1CCC(c2ccc(-c3ccc4ncn(C(C(=O)Nc5nccs5)c5cccc(F)c5)c(=O)c4c3)cc2)CC1. The van der Waals surface area contributed by atoms with Crippen molar-refractivity contribution >= 4 is 33.3 Å². The number of rotatable bonds is 6. The number of piperidine rings is 1. The summed E-state index contributed by atoms with van der Waals surface area (Å²) in [6.45, 7) is 2.21. The van der Waals surface area contributed by atoms with Crippen molar-refractivity contribution < 1.29 is 9.18 Å². The first-order valence-corrected chi connectivity index (χ1v) is 14.1. The van der Waals surface area contributed by atoms with Crippen LogP contribution >= 0.6 is 11.3 Å². The summed E-state index contributed by atoms with van der Waals surface area (Å²) in [6.07, 6.45) is 5.22. The third-order valence-electron chi connectivity index (χ3n) is 7.57. The van der Waals surface area contributed by atoms with Gasteiger partial charge in [0.25, 0.3) is 11.5 Å². The summed E-state index contributed by atoms with van der Waals surface area (Å²) >= 11 is 1.26. The first-order chi connectivity index (χ1) is 19.5. The van der Waals surface area contributed by atoms with Crippen LogP contribution in [0.4, 0.5) is 9.52 Å². The Bertz CT molecular complexity index is 1710. The monoisotopic (exact) mass is 553 g/mol. The lowest BCUT2D eigenvalue weighted by atomic mass is 9.88. The first kappa shape index (κ1) is 26.0. The van der Waals surface area contributed by atoms with Crippen LogP contribution in [0.3, 0.4) is 0 Å². The van der Waals surface area contributed by atoms with Crippen molar-refractivity contribution in [3.63, 3.8) is 0 Å². The molecule has 7 nitrogen and oxygen atoms in total. The van der Waals surface area contributed by atoms with Crippen molar-refractivity contribution in [2.45, 2.75) is 24.8 Å². The number of nitrogens with one attached hydrogen (secondary N) is 1. The van der Waals surface area contributed by atoms with E-state index in [0.29, 0.717) is 27.5 Å². The van der Waals surface area contributed by atoms with E-state index in [9.17, 15) is 14.0 Å². The van der Waals surface area contributed by atoms with Crippen molar-refractivity contribution in [2.75, 3.05) is 25.5 Å². The number of thiazole rings is 1. The van der Waals surface area contributed by atoms with E-state index in [2.05, 4.69) is 51.5 Å². The van der Waals surface area contributed by atoms with Crippen LogP contribution in [0.15, 0.2) is 89.4 Å². The second kappa shape index (κ2) is 11.1. The van der Waals surface area contributed by atoms with Crippen LogP contribution in [0.2, 0.25) is 0 Å². The van der Waals surface area contributed by atoms with Gasteiger partial charge in [0, 0.05) is 11.6 Å². The second-order valence-electron chi connectivity index (χ2n) is 10.2. The number of nitrogens with zero attached hydrogens (tertiary/aromatic N) is 4. The van der Waals surface area contributed by atoms with E-state index in [4.69, 9.17) is 0 Å². The van der Waals surface area contributed by atoms with E-state index in [0.717, 1.165) is 37.1 Å². The molecule has 40 heavy (non-hydrogen) atoms. The molecule has 9 heteroatoms. The summed E-state index contributed by atoms with van der Waals surface area (Å²) in [6, 6.07) is 18.7. The highest BCUT2D eigenvalue weighted by atomic mass is 32.1. The van der Waals surface area contributed by atoms with Gasteiger partial charge in [-0.2, -0.15) is 0 Å². The summed E-state index contributed by atoms with van der Waals surface area (Å²) in [4.78, 5) is 38.2. The van der Waals surface area contributed by atoms with E-state index in [1.165, 1.54) is 46.0 Å². The highest BCUT2D eigenvalue weighted by Gasteiger charge is 2.26. The number of benzene rings is 3. The topological polar surface area (TPSA) is 80.1 Å². The number of hydrogen-bond acceptors (Lipinski definition) is 6. The van der Waals surface area contributed by atoms with Crippen LogP contribution in [0, 0.1) is 5.82 Å². The molecule has 202 valence electrons. The van der Waals surface area contributed by atoms with Gasteiger partial charge in [0.05, 0.1) is 17.2 Å². The minimum absolute atomic E-state index is 0.331. The number of fused-ring (bicyclic) bond motifs is 1. The second-order valence-corrected chi connectivity index (χ2v) is 11.1. The average Bonchev–Trinajstić information content (AvgIpc) is 3.48. The third kappa shape index (κ3) is 5.30. The molecule has 1 atom stereocenters. The Morgan fingerprint density at radius 1 is 1.02 bits per heavy atom. The van der Waals surface area contributed by atoms with Gasteiger partial charge in [0.2, 0.25) is 0 Å². The zero-order valence-corrected chi connectivity index (χ0v) is 22.8. The molecular weight excluding hydrogens is 525 g/mol. The Labute approximate surface area is 235 Å². The van der Waals surface area contributed by atoms with Crippen LogP contribution in [-0.2, 0) is 4.79 Å². The average molecular weight is 554 g/mol.